The van der Waals surface area contributed by atoms with Crippen molar-refractivity contribution in [3.05, 3.63) is 0 Å². The van der Waals surface area contributed by atoms with E-state index >= 15 is 0 Å². The lowest BCUT2D eigenvalue weighted by Crippen LogP contribution is -1.79. The second-order valence-electron chi connectivity index (χ2n) is 0.781. The molecule has 0 rings (SSSR count). The quantitative estimate of drug-likeness (QED) is 0.526. The highest BCUT2D eigenvalue weighted by atomic mass is 32.1. The summed E-state index contributed by atoms with van der Waals surface area (Å²) in [4.78, 5) is 0. The molecule has 0 fully saturated rings. The molecular weight excluding hydrogens is 84.1 g/mol. The van der Waals surface area contributed by atoms with Gasteiger partial charge in [0, 0.05) is 12.4 Å². The van der Waals surface area contributed by atoms with Gasteiger partial charge < -0.3 is 5.11 Å². The van der Waals surface area contributed by atoms with Crippen LogP contribution in [0.3, 0.4) is 0 Å². The first-order valence-corrected chi connectivity index (χ1v) is 2.18. The van der Waals surface area contributed by atoms with Crippen LogP contribution in [0, 0.1) is 0 Å². The van der Waals surface area contributed by atoms with E-state index in [2.05, 4.69) is 12.6 Å². The molecule has 0 saturated carbocycles. The summed E-state index contributed by atoms with van der Waals surface area (Å²) in [5, 5.41) is 8.00. The van der Waals surface area contributed by atoms with Gasteiger partial charge in [-0.25, -0.2) is 0 Å². The lowest BCUT2D eigenvalue weighted by Gasteiger charge is -1.78. The highest BCUT2D eigenvalue weighted by molar-refractivity contribution is 7.80. The van der Waals surface area contributed by atoms with E-state index in [1.165, 1.54) is 0 Å². The van der Waals surface area contributed by atoms with Crippen LogP contribution in [0.2, 0.25) is 0 Å². The van der Waals surface area contributed by atoms with Crippen LogP contribution >= 0.6 is 12.6 Å². The fourth-order valence-corrected chi connectivity index (χ4v) is 0.194. The minimum Gasteiger partial charge on any atom is -0.396 e. The van der Waals surface area contributed by atoms with Crippen LogP contribution < -0.4 is 0 Å². The smallest absolute Gasteiger partial charge is 0.0439 e. The number of hydrogen-bond donors (Lipinski definition) is 1. The zero-order chi connectivity index (χ0) is 4.12. The first-order chi connectivity index (χ1) is 2.41. The van der Waals surface area contributed by atoms with Gasteiger partial charge in [0.1, 0.15) is 0 Å². The highest BCUT2D eigenvalue weighted by Crippen LogP contribution is 1.76. The minimum absolute atomic E-state index is 0.240. The molecule has 0 unspecified atom stereocenters. The summed E-state index contributed by atoms with van der Waals surface area (Å²) in [6.07, 6.45) is 0.759. The molecule has 1 radical (unpaired) electrons. The van der Waals surface area contributed by atoms with Crippen LogP contribution in [0.15, 0.2) is 0 Å². The van der Waals surface area contributed by atoms with Crippen molar-refractivity contribution in [3.8, 4) is 0 Å². The van der Waals surface area contributed by atoms with E-state index < -0.39 is 0 Å². The third kappa shape index (κ3) is 4.31. The van der Waals surface area contributed by atoms with Crippen LogP contribution in [0.5, 0.6) is 0 Å². The largest absolute Gasteiger partial charge is 0.396 e. The van der Waals surface area contributed by atoms with Crippen molar-refractivity contribution in [1.29, 1.82) is 0 Å². The van der Waals surface area contributed by atoms with E-state index in [1.807, 2.05) is 0 Å². The topological polar surface area (TPSA) is 20.2 Å². The molecule has 1 nitrogen and oxygen atoms in total. The van der Waals surface area contributed by atoms with Crippen molar-refractivity contribution in [1.82, 2.24) is 0 Å². The highest BCUT2D eigenvalue weighted by Gasteiger charge is 1.70. The summed E-state index contributed by atoms with van der Waals surface area (Å²) >= 11 is 4.49. The second kappa shape index (κ2) is 4.31. The van der Waals surface area contributed by atoms with Crippen LogP contribution in [-0.2, 0) is 0 Å². The molecule has 0 spiro atoms. The number of aliphatic hydroxyl groups excluding tert-OH is 1. The molecule has 1 N–H and O–H groups in total. The molecule has 0 atom stereocenters. The summed E-state index contributed by atoms with van der Waals surface area (Å²) < 4.78 is 0. The zero-order valence-electron chi connectivity index (χ0n) is 2.98. The van der Waals surface area contributed by atoms with Gasteiger partial charge >= 0.3 is 0 Å². The van der Waals surface area contributed by atoms with E-state index in [-0.39, 0.29) is 6.61 Å². The predicted molar refractivity (Wildman–Crippen MR) is 24.2 cm³/mol. The van der Waals surface area contributed by atoms with Gasteiger partial charge in [-0.1, -0.05) is 12.6 Å². The molecule has 0 amide bonds. The monoisotopic (exact) mass is 91.0 g/mol. The van der Waals surface area contributed by atoms with Gasteiger partial charge in [-0.3, -0.25) is 0 Å². The summed E-state index contributed by atoms with van der Waals surface area (Å²) in [7, 11) is 0. The van der Waals surface area contributed by atoms with Gasteiger partial charge in [0.25, 0.3) is 0 Å². The van der Waals surface area contributed by atoms with E-state index in [4.69, 9.17) is 5.11 Å². The number of aliphatic hydroxyl groups is 1. The maximum atomic E-state index is 8.00. The Hall–Kier alpha value is 0.310. The maximum Gasteiger partial charge on any atom is 0.0439 e. The third-order valence-electron chi connectivity index (χ3n) is 0.302. The Kier molecular flexibility index (Phi) is 4.58. The molecule has 5 heavy (non-hydrogen) atoms. The van der Waals surface area contributed by atoms with E-state index in [0.717, 1.165) is 6.42 Å². The van der Waals surface area contributed by atoms with E-state index in [0.29, 0.717) is 5.75 Å². The Morgan fingerprint density at radius 2 is 2.20 bits per heavy atom. The average Bonchev–Trinajstić information content (AvgIpc) is 1.41. The molecule has 0 aliphatic heterocycles. The van der Waals surface area contributed by atoms with Crippen molar-refractivity contribution in [2.24, 2.45) is 0 Å². The van der Waals surface area contributed by atoms with Gasteiger partial charge in [0.2, 0.25) is 0 Å². The fraction of sp³-hybridized carbons (Fsp3) is 1.00. The van der Waals surface area contributed by atoms with Gasteiger partial charge in [0.15, 0.2) is 0 Å². The number of rotatable bonds is 2. The van der Waals surface area contributed by atoms with Crippen LogP contribution in [-0.4, -0.2) is 17.5 Å². The standard InChI is InChI=1S/C3H7OS/c4-2-1-3-5/h4H,1-3H2. The molecule has 2 heteroatoms. The van der Waals surface area contributed by atoms with Crippen LogP contribution in [0.1, 0.15) is 6.42 Å². The lowest BCUT2D eigenvalue weighted by molar-refractivity contribution is 0.296. The van der Waals surface area contributed by atoms with Crippen LogP contribution in [0.4, 0.5) is 0 Å². The molecule has 0 aromatic heterocycles. The summed E-state index contributed by atoms with van der Waals surface area (Å²) in [6.45, 7) is 0.240. The first kappa shape index (κ1) is 5.31. The van der Waals surface area contributed by atoms with E-state index in [1.54, 1.807) is 0 Å². The Morgan fingerprint density at radius 3 is 2.20 bits per heavy atom. The molecule has 31 valence electrons. The maximum absolute atomic E-state index is 8.00. The fourth-order valence-electron chi connectivity index (χ4n) is 0.0645. The van der Waals surface area contributed by atoms with Crippen molar-refractivity contribution in [3.63, 3.8) is 0 Å². The minimum atomic E-state index is 0.240. The molecule has 0 aliphatic rings. The predicted octanol–water partition coefficient (Wildman–Crippen LogP) is 0.566. The molecule has 0 aliphatic carbocycles. The third-order valence-corrected chi connectivity index (χ3v) is 0.591. The van der Waals surface area contributed by atoms with Crippen LogP contribution in [0.25, 0.3) is 0 Å². The molecular formula is C3H7OS. The molecule has 0 heterocycles. The van der Waals surface area contributed by atoms with Crippen molar-refractivity contribution < 1.29 is 5.11 Å². The van der Waals surface area contributed by atoms with Gasteiger partial charge in [0.05, 0.1) is 0 Å². The molecule has 0 aromatic rings. The summed E-state index contributed by atoms with van der Waals surface area (Å²) in [5.41, 5.74) is 0. The van der Waals surface area contributed by atoms with Crippen molar-refractivity contribution >= 4 is 12.6 Å². The average molecular weight is 91.2 g/mol. The lowest BCUT2D eigenvalue weighted by atomic mass is 10.5. The Balaban J connectivity index is 2.19. The van der Waals surface area contributed by atoms with Gasteiger partial charge in [-0.05, 0) is 6.42 Å². The van der Waals surface area contributed by atoms with Gasteiger partial charge in [-0.15, -0.1) is 0 Å². The van der Waals surface area contributed by atoms with Crippen molar-refractivity contribution in [2.45, 2.75) is 6.42 Å². The normalized spacial score (nSPS) is 8.40. The van der Waals surface area contributed by atoms with Crippen molar-refractivity contribution in [2.75, 3.05) is 12.4 Å². The Bertz CT molecular complexity index is 14.4. The van der Waals surface area contributed by atoms with E-state index in [9.17, 15) is 0 Å². The van der Waals surface area contributed by atoms with Gasteiger partial charge in [-0.2, -0.15) is 0 Å². The summed E-state index contributed by atoms with van der Waals surface area (Å²) in [5.74, 6) is 0.677. The first-order valence-electron chi connectivity index (χ1n) is 1.60. The molecule has 0 bridgehead atoms. The zero-order valence-corrected chi connectivity index (χ0v) is 3.79. The SMILES string of the molecule is OCCC[S]. The summed E-state index contributed by atoms with van der Waals surface area (Å²) in [6, 6.07) is 0. The Morgan fingerprint density at radius 1 is 1.60 bits per heavy atom. The molecule has 0 aromatic carbocycles. The number of hydrogen-bond acceptors (Lipinski definition) is 1. The molecule has 0 saturated heterocycles. The second-order valence-corrected chi connectivity index (χ2v) is 1.19. The Labute approximate surface area is 37.4 Å².